The molecule has 1 saturated heterocycles. The normalized spacial score (nSPS) is 21.4. The maximum Gasteiger partial charge on any atom is 0.242 e. The molecule has 0 spiro atoms. The van der Waals surface area contributed by atoms with E-state index in [0.29, 0.717) is 19.4 Å². The molecule has 1 aliphatic rings. The predicted molar refractivity (Wildman–Crippen MR) is 78.1 cm³/mol. The van der Waals surface area contributed by atoms with E-state index in [1.165, 1.54) is 0 Å². The Balaban J connectivity index is 2.58. The lowest BCUT2D eigenvalue weighted by Gasteiger charge is -2.32. The van der Waals surface area contributed by atoms with Crippen molar-refractivity contribution >= 4 is 11.8 Å². The lowest BCUT2D eigenvalue weighted by Crippen LogP contribution is -2.52. The van der Waals surface area contributed by atoms with Crippen molar-refractivity contribution in [3.05, 3.63) is 0 Å². The summed E-state index contributed by atoms with van der Waals surface area (Å²) in [5.41, 5.74) is -0.919. The first-order valence-corrected chi connectivity index (χ1v) is 7.63. The molecule has 0 radical (unpaired) electrons. The maximum absolute atomic E-state index is 12.2. The Morgan fingerprint density at radius 3 is 2.55 bits per heavy atom. The highest BCUT2D eigenvalue weighted by molar-refractivity contribution is 5.88. The van der Waals surface area contributed by atoms with Gasteiger partial charge in [-0.2, -0.15) is 0 Å². The van der Waals surface area contributed by atoms with Gasteiger partial charge < -0.3 is 15.3 Å². The van der Waals surface area contributed by atoms with Gasteiger partial charge in [0.1, 0.15) is 6.04 Å². The number of nitrogens with zero attached hydrogens (tertiary/aromatic N) is 1. The summed E-state index contributed by atoms with van der Waals surface area (Å²) in [7, 11) is 0. The Hall–Kier alpha value is -1.10. The first-order valence-electron chi connectivity index (χ1n) is 7.63. The average molecular weight is 284 g/mol. The highest BCUT2D eigenvalue weighted by Crippen LogP contribution is 2.20. The molecular formula is C15H28N2O3. The number of carbonyl (C=O) groups is 2. The fraction of sp³-hybridized carbons (Fsp3) is 0.867. The lowest BCUT2D eigenvalue weighted by atomic mass is 9.88. The predicted octanol–water partition coefficient (Wildman–Crippen LogP) is 1.30. The van der Waals surface area contributed by atoms with Crippen molar-refractivity contribution in [1.29, 1.82) is 0 Å². The lowest BCUT2D eigenvalue weighted by molar-refractivity contribution is -0.138. The van der Waals surface area contributed by atoms with Crippen LogP contribution in [0.15, 0.2) is 0 Å². The molecule has 1 fully saturated rings. The van der Waals surface area contributed by atoms with E-state index in [9.17, 15) is 14.7 Å². The maximum atomic E-state index is 12.2. The minimum absolute atomic E-state index is 0.0562. The Labute approximate surface area is 121 Å². The standard InChI is InChI=1S/C15H28N2O3/c1-5-11(3)15(4,20)10-16-14(19)12(6-2)17-9-7-8-13(17)18/h11-12,20H,5-10H2,1-4H3,(H,16,19). The van der Waals surface area contributed by atoms with Crippen molar-refractivity contribution in [3.63, 3.8) is 0 Å². The number of nitrogens with one attached hydrogen (secondary N) is 1. The van der Waals surface area contributed by atoms with E-state index >= 15 is 0 Å². The Morgan fingerprint density at radius 2 is 2.10 bits per heavy atom. The zero-order valence-corrected chi connectivity index (χ0v) is 13.1. The summed E-state index contributed by atoms with van der Waals surface area (Å²) >= 11 is 0. The molecule has 3 atom stereocenters. The van der Waals surface area contributed by atoms with Crippen LogP contribution in [0.1, 0.15) is 53.4 Å². The highest BCUT2D eigenvalue weighted by atomic mass is 16.3. The van der Waals surface area contributed by atoms with Gasteiger partial charge in [0.05, 0.1) is 5.60 Å². The number of hydrogen-bond donors (Lipinski definition) is 2. The second kappa shape index (κ2) is 7.07. The van der Waals surface area contributed by atoms with Crippen LogP contribution in [-0.2, 0) is 9.59 Å². The molecule has 20 heavy (non-hydrogen) atoms. The van der Waals surface area contributed by atoms with Crippen molar-refractivity contribution in [3.8, 4) is 0 Å². The van der Waals surface area contributed by atoms with Gasteiger partial charge in [0.25, 0.3) is 0 Å². The van der Waals surface area contributed by atoms with E-state index in [4.69, 9.17) is 0 Å². The molecule has 0 aromatic heterocycles. The Bertz CT molecular complexity index is 355. The molecule has 5 heteroatoms. The van der Waals surface area contributed by atoms with Gasteiger partial charge in [0.15, 0.2) is 0 Å². The highest BCUT2D eigenvalue weighted by Gasteiger charge is 2.33. The molecule has 3 unspecified atom stereocenters. The number of aliphatic hydroxyl groups is 1. The first-order chi connectivity index (χ1) is 9.33. The summed E-state index contributed by atoms with van der Waals surface area (Å²) in [6.07, 6.45) is 2.81. The van der Waals surface area contributed by atoms with Crippen molar-refractivity contribution in [2.24, 2.45) is 5.92 Å². The molecule has 0 aromatic rings. The largest absolute Gasteiger partial charge is 0.388 e. The van der Waals surface area contributed by atoms with E-state index in [-0.39, 0.29) is 24.3 Å². The van der Waals surface area contributed by atoms with Gasteiger partial charge in [-0.15, -0.1) is 0 Å². The van der Waals surface area contributed by atoms with Crippen molar-refractivity contribution in [2.45, 2.75) is 65.0 Å². The summed E-state index contributed by atoms with van der Waals surface area (Å²) in [5, 5.41) is 13.1. The molecular weight excluding hydrogens is 256 g/mol. The number of likely N-dealkylation sites (tertiary alicyclic amines) is 1. The third kappa shape index (κ3) is 3.95. The van der Waals surface area contributed by atoms with Crippen molar-refractivity contribution in [2.75, 3.05) is 13.1 Å². The molecule has 1 rings (SSSR count). The van der Waals surface area contributed by atoms with E-state index in [1.807, 2.05) is 20.8 Å². The molecule has 2 N–H and O–H groups in total. The molecule has 0 bridgehead atoms. The summed E-state index contributed by atoms with van der Waals surface area (Å²) in [6.45, 7) is 8.50. The van der Waals surface area contributed by atoms with Crippen LogP contribution in [0.25, 0.3) is 0 Å². The van der Waals surface area contributed by atoms with Crippen LogP contribution in [0.2, 0.25) is 0 Å². The molecule has 5 nitrogen and oxygen atoms in total. The fourth-order valence-corrected chi connectivity index (χ4v) is 2.54. The third-order valence-electron chi connectivity index (χ3n) is 4.47. The van der Waals surface area contributed by atoms with Crippen LogP contribution in [0, 0.1) is 5.92 Å². The third-order valence-corrected chi connectivity index (χ3v) is 4.47. The van der Waals surface area contributed by atoms with Crippen molar-refractivity contribution in [1.82, 2.24) is 10.2 Å². The van der Waals surface area contributed by atoms with Gasteiger partial charge in [-0.25, -0.2) is 0 Å². The van der Waals surface area contributed by atoms with Gasteiger partial charge in [-0.1, -0.05) is 27.2 Å². The zero-order chi connectivity index (χ0) is 15.3. The summed E-state index contributed by atoms with van der Waals surface area (Å²) < 4.78 is 0. The van der Waals surface area contributed by atoms with E-state index in [2.05, 4.69) is 5.32 Å². The minimum Gasteiger partial charge on any atom is -0.388 e. The molecule has 0 aromatic carbocycles. The van der Waals surface area contributed by atoms with E-state index < -0.39 is 11.6 Å². The number of carbonyl (C=O) groups excluding carboxylic acids is 2. The molecule has 1 heterocycles. The van der Waals surface area contributed by atoms with Crippen LogP contribution in [0.5, 0.6) is 0 Å². The SMILES string of the molecule is CCC(C(=O)NCC(C)(O)C(C)CC)N1CCCC1=O. The van der Waals surface area contributed by atoms with Crippen LogP contribution >= 0.6 is 0 Å². The number of rotatable bonds is 7. The molecule has 1 aliphatic heterocycles. The molecule has 2 amide bonds. The topological polar surface area (TPSA) is 69.6 Å². The van der Waals surface area contributed by atoms with Gasteiger partial charge >= 0.3 is 0 Å². The zero-order valence-electron chi connectivity index (χ0n) is 13.1. The quantitative estimate of drug-likeness (QED) is 0.740. The summed E-state index contributed by atoms with van der Waals surface area (Å²) in [6, 6.07) is -0.405. The van der Waals surface area contributed by atoms with Gasteiger partial charge in [0, 0.05) is 19.5 Å². The summed E-state index contributed by atoms with van der Waals surface area (Å²) in [4.78, 5) is 25.6. The molecule has 116 valence electrons. The minimum atomic E-state index is -0.919. The van der Waals surface area contributed by atoms with E-state index in [0.717, 1.165) is 12.8 Å². The van der Waals surface area contributed by atoms with Crippen LogP contribution < -0.4 is 5.32 Å². The summed E-state index contributed by atoms with van der Waals surface area (Å²) in [5.74, 6) is 0.00306. The Kier molecular flexibility index (Phi) is 5.99. The number of hydrogen-bond acceptors (Lipinski definition) is 3. The van der Waals surface area contributed by atoms with Crippen molar-refractivity contribution < 1.29 is 14.7 Å². The number of amides is 2. The fourth-order valence-electron chi connectivity index (χ4n) is 2.54. The molecule has 0 saturated carbocycles. The van der Waals surface area contributed by atoms with Gasteiger partial charge in [-0.05, 0) is 25.7 Å². The van der Waals surface area contributed by atoms with E-state index in [1.54, 1.807) is 11.8 Å². The Morgan fingerprint density at radius 1 is 1.45 bits per heavy atom. The van der Waals surface area contributed by atoms with Crippen LogP contribution in [0.4, 0.5) is 0 Å². The average Bonchev–Trinajstić information content (AvgIpc) is 2.83. The first kappa shape index (κ1) is 17.0. The van der Waals surface area contributed by atoms with Gasteiger partial charge in [-0.3, -0.25) is 9.59 Å². The molecule has 0 aliphatic carbocycles. The van der Waals surface area contributed by atoms with Crippen LogP contribution in [0.3, 0.4) is 0 Å². The van der Waals surface area contributed by atoms with Crippen LogP contribution in [-0.4, -0.2) is 46.6 Å². The second-order valence-electron chi connectivity index (χ2n) is 6.00. The monoisotopic (exact) mass is 284 g/mol. The van der Waals surface area contributed by atoms with Gasteiger partial charge in [0.2, 0.25) is 11.8 Å². The smallest absolute Gasteiger partial charge is 0.242 e. The second-order valence-corrected chi connectivity index (χ2v) is 6.00.